The third-order valence-corrected chi connectivity index (χ3v) is 5.35. The summed E-state index contributed by atoms with van der Waals surface area (Å²) in [6.45, 7) is 3.61. The van der Waals surface area contributed by atoms with Crippen molar-refractivity contribution in [3.05, 3.63) is 0 Å². The minimum Gasteiger partial charge on any atom is -0.367 e. The Morgan fingerprint density at radius 1 is 1.28 bits per heavy atom. The van der Waals surface area contributed by atoms with Crippen molar-refractivity contribution in [3.8, 4) is 0 Å². The van der Waals surface area contributed by atoms with Gasteiger partial charge in [0, 0.05) is 19.6 Å². The average Bonchev–Trinajstić information content (AvgIpc) is 2.77. The van der Waals surface area contributed by atoms with E-state index in [0.29, 0.717) is 19.0 Å². The molecule has 18 heavy (non-hydrogen) atoms. The first-order valence-corrected chi connectivity index (χ1v) is 7.47. The number of hydrogen-bond donors (Lipinski definition) is 1. The van der Waals surface area contributed by atoms with Crippen LogP contribution in [0, 0.1) is 5.92 Å². The predicted octanol–water partition coefficient (Wildman–Crippen LogP) is -1.24. The molecule has 2 fully saturated rings. The molecule has 0 aromatic heterocycles. The van der Waals surface area contributed by atoms with Crippen molar-refractivity contribution in [2.75, 3.05) is 32.8 Å². The normalized spacial score (nSPS) is 31.6. The lowest BCUT2D eigenvalue weighted by Crippen LogP contribution is -2.53. The second-order valence-electron chi connectivity index (χ2n) is 4.88. The summed E-state index contributed by atoms with van der Waals surface area (Å²) in [5.74, 6) is -0.238. The summed E-state index contributed by atoms with van der Waals surface area (Å²) in [4.78, 5) is 11.1. The summed E-state index contributed by atoms with van der Waals surface area (Å²) in [5, 5.41) is 0. The summed E-state index contributed by atoms with van der Waals surface area (Å²) in [5.41, 5.74) is 5.15. The van der Waals surface area contributed by atoms with Crippen LogP contribution in [0.25, 0.3) is 0 Å². The molecule has 2 atom stereocenters. The zero-order valence-electron chi connectivity index (χ0n) is 10.4. The summed E-state index contributed by atoms with van der Waals surface area (Å²) >= 11 is 0. The van der Waals surface area contributed by atoms with Gasteiger partial charge in [0.05, 0.1) is 13.2 Å². The van der Waals surface area contributed by atoms with Crippen LogP contribution in [-0.2, 0) is 19.7 Å². The second kappa shape index (κ2) is 5.12. The Bertz CT molecular complexity index is 425. The molecule has 0 aliphatic carbocycles. The third-order valence-electron chi connectivity index (χ3n) is 3.39. The summed E-state index contributed by atoms with van der Waals surface area (Å²) in [7, 11) is -3.48. The van der Waals surface area contributed by atoms with Crippen molar-refractivity contribution < 1.29 is 17.9 Å². The van der Waals surface area contributed by atoms with E-state index < -0.39 is 22.2 Å². The van der Waals surface area contributed by atoms with Gasteiger partial charge in [-0.15, -0.1) is 0 Å². The molecule has 0 aromatic carbocycles. The summed E-state index contributed by atoms with van der Waals surface area (Å²) in [6.07, 6.45) is 0.0385. The van der Waals surface area contributed by atoms with Crippen molar-refractivity contribution in [1.29, 1.82) is 0 Å². The SMILES string of the molecule is C[C@H]1CCN(S(=O)(=O)N2CCO[C@@H](C(N)=O)C2)C1. The number of hydrogen-bond acceptors (Lipinski definition) is 4. The molecular weight excluding hydrogens is 258 g/mol. The van der Waals surface area contributed by atoms with E-state index in [1.54, 1.807) is 0 Å². The van der Waals surface area contributed by atoms with Crippen molar-refractivity contribution in [1.82, 2.24) is 8.61 Å². The van der Waals surface area contributed by atoms with E-state index in [1.807, 2.05) is 6.92 Å². The second-order valence-corrected chi connectivity index (χ2v) is 6.81. The maximum Gasteiger partial charge on any atom is 0.282 e. The van der Waals surface area contributed by atoms with E-state index in [4.69, 9.17) is 10.5 Å². The van der Waals surface area contributed by atoms with Crippen molar-refractivity contribution in [2.45, 2.75) is 19.4 Å². The van der Waals surface area contributed by atoms with Crippen LogP contribution in [-0.4, -0.2) is 61.8 Å². The molecule has 104 valence electrons. The van der Waals surface area contributed by atoms with E-state index in [-0.39, 0.29) is 19.7 Å². The first kappa shape index (κ1) is 13.7. The fourth-order valence-electron chi connectivity index (χ4n) is 2.27. The van der Waals surface area contributed by atoms with Gasteiger partial charge >= 0.3 is 0 Å². The lowest BCUT2D eigenvalue weighted by molar-refractivity contribution is -0.132. The van der Waals surface area contributed by atoms with Crippen LogP contribution in [0.2, 0.25) is 0 Å². The first-order valence-electron chi connectivity index (χ1n) is 6.07. The van der Waals surface area contributed by atoms with Gasteiger partial charge in [0.15, 0.2) is 0 Å². The number of ether oxygens (including phenoxy) is 1. The number of nitrogens with two attached hydrogens (primary N) is 1. The largest absolute Gasteiger partial charge is 0.367 e. The van der Waals surface area contributed by atoms with Crippen LogP contribution >= 0.6 is 0 Å². The Hall–Kier alpha value is -0.700. The van der Waals surface area contributed by atoms with Gasteiger partial charge in [-0.05, 0) is 12.3 Å². The number of primary amides is 1. The molecule has 2 rings (SSSR count). The zero-order valence-corrected chi connectivity index (χ0v) is 11.2. The van der Waals surface area contributed by atoms with E-state index in [0.717, 1.165) is 6.42 Å². The van der Waals surface area contributed by atoms with Gasteiger partial charge in [-0.25, -0.2) is 0 Å². The molecule has 0 radical (unpaired) electrons. The fourth-order valence-corrected chi connectivity index (χ4v) is 4.01. The highest BCUT2D eigenvalue weighted by atomic mass is 32.2. The molecule has 0 aromatic rings. The topological polar surface area (TPSA) is 92.9 Å². The zero-order chi connectivity index (χ0) is 13.3. The Labute approximate surface area is 107 Å². The molecule has 2 N–H and O–H groups in total. The Morgan fingerprint density at radius 2 is 1.94 bits per heavy atom. The predicted molar refractivity (Wildman–Crippen MR) is 64.8 cm³/mol. The monoisotopic (exact) mass is 277 g/mol. The van der Waals surface area contributed by atoms with Gasteiger partial charge in [0.1, 0.15) is 6.10 Å². The minimum atomic E-state index is -3.48. The van der Waals surface area contributed by atoms with E-state index in [9.17, 15) is 13.2 Å². The Morgan fingerprint density at radius 3 is 2.50 bits per heavy atom. The van der Waals surface area contributed by atoms with Crippen molar-refractivity contribution in [2.24, 2.45) is 11.7 Å². The van der Waals surface area contributed by atoms with Crippen LogP contribution in [0.4, 0.5) is 0 Å². The van der Waals surface area contributed by atoms with E-state index >= 15 is 0 Å². The number of nitrogens with zero attached hydrogens (tertiary/aromatic N) is 2. The average molecular weight is 277 g/mol. The molecule has 1 amide bonds. The molecule has 0 bridgehead atoms. The Balaban J connectivity index is 2.07. The number of carbonyl (C=O) groups excluding carboxylic acids is 1. The van der Waals surface area contributed by atoms with Crippen molar-refractivity contribution >= 4 is 16.1 Å². The molecule has 2 aliphatic rings. The number of morpholine rings is 1. The highest BCUT2D eigenvalue weighted by Crippen LogP contribution is 2.22. The highest BCUT2D eigenvalue weighted by Gasteiger charge is 2.38. The lowest BCUT2D eigenvalue weighted by atomic mass is 10.2. The fraction of sp³-hybridized carbons (Fsp3) is 0.900. The third kappa shape index (κ3) is 2.66. The van der Waals surface area contributed by atoms with Crippen LogP contribution < -0.4 is 5.73 Å². The van der Waals surface area contributed by atoms with Gasteiger partial charge in [-0.3, -0.25) is 4.79 Å². The molecule has 2 heterocycles. The molecular formula is C10H19N3O4S. The lowest BCUT2D eigenvalue weighted by Gasteiger charge is -2.33. The van der Waals surface area contributed by atoms with Gasteiger partial charge in [-0.1, -0.05) is 6.92 Å². The smallest absolute Gasteiger partial charge is 0.282 e. The molecule has 2 aliphatic heterocycles. The first-order chi connectivity index (χ1) is 8.41. The Kier molecular flexibility index (Phi) is 3.90. The number of amides is 1. The van der Waals surface area contributed by atoms with Gasteiger partial charge in [-0.2, -0.15) is 17.0 Å². The highest BCUT2D eigenvalue weighted by molar-refractivity contribution is 7.86. The molecule has 7 nitrogen and oxygen atoms in total. The van der Waals surface area contributed by atoms with Crippen molar-refractivity contribution in [3.63, 3.8) is 0 Å². The maximum absolute atomic E-state index is 12.3. The molecule has 8 heteroatoms. The summed E-state index contributed by atoms with van der Waals surface area (Å²) < 4.78 is 32.6. The minimum absolute atomic E-state index is 0.0164. The van der Waals surface area contributed by atoms with Crippen LogP contribution in [0.15, 0.2) is 0 Å². The van der Waals surface area contributed by atoms with Crippen LogP contribution in [0.5, 0.6) is 0 Å². The summed E-state index contributed by atoms with van der Waals surface area (Å²) in [6, 6.07) is 0. The molecule has 0 unspecified atom stereocenters. The molecule has 0 saturated carbocycles. The van der Waals surface area contributed by atoms with E-state index in [2.05, 4.69) is 0 Å². The molecule has 2 saturated heterocycles. The van der Waals surface area contributed by atoms with Gasteiger partial charge in [0.2, 0.25) is 5.91 Å². The quantitative estimate of drug-likeness (QED) is 0.698. The van der Waals surface area contributed by atoms with Gasteiger partial charge < -0.3 is 10.5 Å². The van der Waals surface area contributed by atoms with E-state index in [1.165, 1.54) is 8.61 Å². The van der Waals surface area contributed by atoms with Gasteiger partial charge in [0.25, 0.3) is 10.2 Å². The molecule has 0 spiro atoms. The number of carbonyl (C=O) groups is 1. The standard InChI is InChI=1S/C10H19N3O4S/c1-8-2-3-12(6-8)18(15,16)13-4-5-17-9(7-13)10(11)14/h8-9H,2-7H2,1H3,(H2,11,14)/t8-,9+/m0/s1. The van der Waals surface area contributed by atoms with Crippen LogP contribution in [0.1, 0.15) is 13.3 Å². The maximum atomic E-state index is 12.3. The van der Waals surface area contributed by atoms with Crippen LogP contribution in [0.3, 0.4) is 0 Å². The number of rotatable bonds is 3.